The largest absolute Gasteiger partial charge is 0.496 e. The monoisotopic (exact) mass is 430 g/mol. The third-order valence-electron chi connectivity index (χ3n) is 5.73. The average molecular weight is 431 g/mol. The van der Waals surface area contributed by atoms with Gasteiger partial charge in [-0.25, -0.2) is 8.42 Å². The van der Waals surface area contributed by atoms with E-state index in [2.05, 4.69) is 5.32 Å². The second kappa shape index (κ2) is 10.1. The van der Waals surface area contributed by atoms with E-state index in [9.17, 15) is 13.2 Å². The zero-order valence-corrected chi connectivity index (χ0v) is 18.5. The number of aryl methyl sites for hydroxylation is 1. The maximum absolute atomic E-state index is 12.9. The third kappa shape index (κ3) is 5.40. The van der Waals surface area contributed by atoms with Gasteiger partial charge in [0.1, 0.15) is 5.75 Å². The molecule has 0 spiro atoms. The van der Waals surface area contributed by atoms with Crippen LogP contribution in [0.5, 0.6) is 5.75 Å². The molecule has 162 valence electrons. The molecule has 6 nitrogen and oxygen atoms in total. The summed E-state index contributed by atoms with van der Waals surface area (Å²) in [5.74, 6) is 1.14. The summed E-state index contributed by atoms with van der Waals surface area (Å²) >= 11 is 0. The van der Waals surface area contributed by atoms with Crippen molar-refractivity contribution in [2.24, 2.45) is 5.92 Å². The van der Waals surface area contributed by atoms with Crippen molar-refractivity contribution in [2.45, 2.75) is 44.0 Å². The highest BCUT2D eigenvalue weighted by Gasteiger charge is 2.30. The fourth-order valence-corrected chi connectivity index (χ4v) is 5.58. The summed E-state index contributed by atoms with van der Waals surface area (Å²) in [5, 5.41) is 2.95. The van der Waals surface area contributed by atoms with E-state index >= 15 is 0 Å². The van der Waals surface area contributed by atoms with E-state index in [1.165, 1.54) is 0 Å². The van der Waals surface area contributed by atoms with E-state index in [-0.39, 0.29) is 5.91 Å². The van der Waals surface area contributed by atoms with E-state index in [0.717, 1.165) is 36.1 Å². The van der Waals surface area contributed by atoms with Crippen LogP contribution < -0.4 is 10.1 Å². The second-order valence-corrected chi connectivity index (χ2v) is 9.65. The summed E-state index contributed by atoms with van der Waals surface area (Å²) in [5.41, 5.74) is 1.72. The van der Waals surface area contributed by atoms with Gasteiger partial charge in [0.05, 0.1) is 12.0 Å². The molecule has 1 heterocycles. The lowest BCUT2D eigenvalue weighted by Gasteiger charge is -2.31. The van der Waals surface area contributed by atoms with Gasteiger partial charge in [0, 0.05) is 31.6 Å². The van der Waals surface area contributed by atoms with Crippen LogP contribution in [0.3, 0.4) is 0 Å². The molecule has 30 heavy (non-hydrogen) atoms. The van der Waals surface area contributed by atoms with Crippen molar-refractivity contribution in [3.05, 3.63) is 59.7 Å². The van der Waals surface area contributed by atoms with E-state index in [1.807, 2.05) is 43.3 Å². The molecular formula is C23H30N2O4S. The van der Waals surface area contributed by atoms with Crippen molar-refractivity contribution in [1.29, 1.82) is 0 Å². The van der Waals surface area contributed by atoms with Gasteiger partial charge < -0.3 is 10.1 Å². The first-order valence-corrected chi connectivity index (χ1v) is 11.8. The highest BCUT2D eigenvalue weighted by molar-refractivity contribution is 7.89. The van der Waals surface area contributed by atoms with Crippen LogP contribution >= 0.6 is 0 Å². The predicted octanol–water partition coefficient (Wildman–Crippen LogP) is 3.50. The molecule has 0 aromatic heterocycles. The number of amides is 1. The highest BCUT2D eigenvalue weighted by Crippen LogP contribution is 2.27. The number of piperidine rings is 1. The minimum atomic E-state index is -3.45. The first-order valence-electron chi connectivity index (χ1n) is 10.4. The van der Waals surface area contributed by atoms with Gasteiger partial charge in [0.15, 0.2) is 0 Å². The molecule has 0 saturated carbocycles. The van der Waals surface area contributed by atoms with Crippen LogP contribution in [0.1, 0.15) is 36.8 Å². The summed E-state index contributed by atoms with van der Waals surface area (Å²) in [6.07, 6.45) is 2.79. The quantitative estimate of drug-likeness (QED) is 0.695. The highest BCUT2D eigenvalue weighted by atomic mass is 32.2. The van der Waals surface area contributed by atoms with Crippen LogP contribution in [0.25, 0.3) is 0 Å². The number of hydrogen-bond donors (Lipinski definition) is 1. The number of methoxy groups -OCH3 is 1. The number of rotatable bonds is 8. The molecule has 1 aliphatic heterocycles. The average Bonchev–Trinajstić information content (AvgIpc) is 2.77. The number of nitrogens with zero attached hydrogens (tertiary/aromatic N) is 1. The van der Waals surface area contributed by atoms with Crippen LogP contribution in [0.2, 0.25) is 0 Å². The molecule has 1 aliphatic rings. The SMILES string of the molecule is COc1ccccc1CNC(=O)CCC1CCN(S(=O)(=O)c2ccccc2C)CC1. The van der Waals surface area contributed by atoms with Crippen molar-refractivity contribution in [1.82, 2.24) is 9.62 Å². The minimum absolute atomic E-state index is 0.0101. The van der Waals surface area contributed by atoms with Gasteiger partial charge in [-0.1, -0.05) is 36.4 Å². The van der Waals surface area contributed by atoms with E-state index in [1.54, 1.807) is 23.5 Å². The summed E-state index contributed by atoms with van der Waals surface area (Å²) < 4.78 is 32.7. The lowest BCUT2D eigenvalue weighted by atomic mass is 9.93. The molecule has 0 bridgehead atoms. The van der Waals surface area contributed by atoms with Crippen molar-refractivity contribution >= 4 is 15.9 Å². The van der Waals surface area contributed by atoms with E-state index in [0.29, 0.717) is 36.9 Å². The Bertz CT molecular complexity index is 967. The summed E-state index contributed by atoms with van der Waals surface area (Å²) in [6, 6.07) is 14.7. The van der Waals surface area contributed by atoms with Crippen LogP contribution in [0, 0.1) is 12.8 Å². The molecule has 0 unspecified atom stereocenters. The number of hydrogen-bond acceptors (Lipinski definition) is 4. The van der Waals surface area contributed by atoms with Gasteiger partial charge in [0.25, 0.3) is 0 Å². The van der Waals surface area contributed by atoms with E-state index in [4.69, 9.17) is 4.74 Å². The van der Waals surface area contributed by atoms with Crippen LogP contribution in [0.4, 0.5) is 0 Å². The molecule has 1 N–H and O–H groups in total. The first kappa shape index (κ1) is 22.3. The van der Waals surface area contributed by atoms with Gasteiger partial charge in [-0.3, -0.25) is 4.79 Å². The van der Waals surface area contributed by atoms with Gasteiger partial charge >= 0.3 is 0 Å². The van der Waals surface area contributed by atoms with Crippen LogP contribution in [-0.4, -0.2) is 38.8 Å². The number of sulfonamides is 1. The van der Waals surface area contributed by atoms with Gasteiger partial charge in [-0.2, -0.15) is 4.31 Å². The fraction of sp³-hybridized carbons (Fsp3) is 0.435. The van der Waals surface area contributed by atoms with Crippen LogP contribution in [-0.2, 0) is 21.4 Å². The summed E-state index contributed by atoms with van der Waals surface area (Å²) in [7, 11) is -1.83. The predicted molar refractivity (Wildman–Crippen MR) is 117 cm³/mol. The van der Waals surface area contributed by atoms with Crippen molar-refractivity contribution in [3.63, 3.8) is 0 Å². The molecule has 1 saturated heterocycles. The molecule has 0 atom stereocenters. The standard InChI is InChI=1S/C23H30N2O4S/c1-18-7-3-6-10-22(18)30(27,28)25-15-13-19(14-16-25)11-12-23(26)24-17-20-8-4-5-9-21(20)29-2/h3-10,19H,11-17H2,1-2H3,(H,24,26). The lowest BCUT2D eigenvalue weighted by Crippen LogP contribution is -2.39. The lowest BCUT2D eigenvalue weighted by molar-refractivity contribution is -0.121. The molecule has 0 aliphatic carbocycles. The smallest absolute Gasteiger partial charge is 0.243 e. The van der Waals surface area contributed by atoms with Crippen molar-refractivity contribution in [3.8, 4) is 5.75 Å². The first-order chi connectivity index (χ1) is 14.4. The number of para-hydroxylation sites is 1. The molecule has 3 rings (SSSR count). The molecular weight excluding hydrogens is 400 g/mol. The Morgan fingerprint density at radius 1 is 1.10 bits per heavy atom. The Hall–Kier alpha value is -2.38. The van der Waals surface area contributed by atoms with Gasteiger partial charge in [-0.15, -0.1) is 0 Å². The molecule has 0 radical (unpaired) electrons. The number of carbonyl (C=O) groups is 1. The van der Waals surface area contributed by atoms with Crippen molar-refractivity contribution < 1.29 is 17.9 Å². The zero-order chi connectivity index (χ0) is 21.6. The second-order valence-electron chi connectivity index (χ2n) is 7.74. The molecule has 2 aromatic carbocycles. The Morgan fingerprint density at radius 3 is 2.47 bits per heavy atom. The maximum atomic E-state index is 12.9. The Morgan fingerprint density at radius 2 is 1.77 bits per heavy atom. The third-order valence-corrected chi connectivity index (χ3v) is 7.79. The van der Waals surface area contributed by atoms with Gasteiger partial charge in [0.2, 0.25) is 15.9 Å². The Kier molecular flexibility index (Phi) is 7.50. The number of ether oxygens (including phenoxy) is 1. The number of carbonyl (C=O) groups excluding carboxylic acids is 1. The van der Waals surface area contributed by atoms with Crippen LogP contribution in [0.15, 0.2) is 53.4 Å². The minimum Gasteiger partial charge on any atom is -0.496 e. The summed E-state index contributed by atoms with van der Waals surface area (Å²) in [6.45, 7) is 3.27. The fourth-order valence-electron chi connectivity index (χ4n) is 3.89. The molecule has 7 heteroatoms. The number of benzene rings is 2. The maximum Gasteiger partial charge on any atom is 0.243 e. The molecule has 2 aromatic rings. The topological polar surface area (TPSA) is 75.7 Å². The van der Waals surface area contributed by atoms with Gasteiger partial charge in [-0.05, 0) is 49.8 Å². The molecule has 1 amide bonds. The van der Waals surface area contributed by atoms with Crippen molar-refractivity contribution in [2.75, 3.05) is 20.2 Å². The normalized spacial score (nSPS) is 15.7. The number of nitrogens with one attached hydrogen (secondary N) is 1. The Labute approximate surface area is 179 Å². The summed E-state index contributed by atoms with van der Waals surface area (Å²) in [4.78, 5) is 12.6. The van der Waals surface area contributed by atoms with E-state index < -0.39 is 10.0 Å². The molecule has 1 fully saturated rings. The Balaban J connectivity index is 1.45. The zero-order valence-electron chi connectivity index (χ0n) is 17.6.